The fraction of sp³-hybridized carbons (Fsp3) is 0.524. The molecule has 224 valence electrons. The summed E-state index contributed by atoms with van der Waals surface area (Å²) in [5.41, 5.74) is 7.91. The summed E-state index contributed by atoms with van der Waals surface area (Å²) in [5, 5.41) is 3.28. The molecule has 1 saturated heterocycles. The van der Waals surface area contributed by atoms with E-state index in [0.29, 0.717) is 47.5 Å². The maximum Gasteiger partial charge on any atom is 0.697 e. The van der Waals surface area contributed by atoms with Crippen LogP contribution in [0.3, 0.4) is 0 Å². The molecule has 6 atom stereocenters. The van der Waals surface area contributed by atoms with E-state index >= 15 is 0 Å². The van der Waals surface area contributed by atoms with Gasteiger partial charge in [0.05, 0.1) is 24.5 Å². The molecule has 6 N–H and O–H groups in total. The lowest BCUT2D eigenvalue weighted by Crippen LogP contribution is -2.21. The quantitative estimate of drug-likeness (QED) is 0.146. The molecule has 1 aliphatic carbocycles. The molecule has 4 aromatic heterocycles. The zero-order chi connectivity index (χ0) is 29.4. The first-order valence-corrected chi connectivity index (χ1v) is 16.3. The maximum absolute atomic E-state index is 12.8. The third-order valence-electron chi connectivity index (χ3n) is 7.00. The third-order valence-corrected chi connectivity index (χ3v) is 9.02. The van der Waals surface area contributed by atoms with Crippen LogP contribution >= 0.6 is 27.4 Å². The van der Waals surface area contributed by atoms with E-state index in [9.17, 15) is 23.7 Å². The van der Waals surface area contributed by atoms with E-state index in [2.05, 4.69) is 35.2 Å². The predicted octanol–water partition coefficient (Wildman–Crippen LogP) is 1.84. The van der Waals surface area contributed by atoms with Crippen molar-refractivity contribution in [3.8, 4) is 0 Å². The lowest BCUT2D eigenvalue weighted by molar-refractivity contribution is -0.0189. The van der Waals surface area contributed by atoms with Crippen molar-refractivity contribution in [2.75, 3.05) is 24.3 Å². The highest BCUT2D eigenvalue weighted by Gasteiger charge is 2.43. The van der Waals surface area contributed by atoms with Crippen LogP contribution in [0.1, 0.15) is 31.9 Å². The van der Waals surface area contributed by atoms with E-state index in [0.717, 1.165) is 0 Å². The summed E-state index contributed by atoms with van der Waals surface area (Å²) in [6, 6.07) is -0.234. The number of phosphoric ester groups is 1. The number of hydrogen-bond acceptors (Lipinski definition) is 15. The molecule has 0 aromatic carbocycles. The number of rotatable bonds is 11. The lowest BCUT2D eigenvalue weighted by Gasteiger charge is -2.15. The van der Waals surface area contributed by atoms with Gasteiger partial charge in [0.1, 0.15) is 35.6 Å². The molecule has 2 aliphatic rings. The Morgan fingerprint density at radius 1 is 1.21 bits per heavy atom. The SMILES string of the molecule is Nc1nc2c(ncn2[C@H]2CC[C@@H](CO[P+](=O)O[C@H]3C[C@H](Nc4ncnc5scnc45)C[C@@H]3COP(=O)(O)O)O2)c(=O)[nH]1. The molecule has 1 saturated carbocycles. The Hall–Kier alpha value is -2.99. The van der Waals surface area contributed by atoms with Gasteiger partial charge >= 0.3 is 16.1 Å². The number of hydrogen-bond donors (Lipinski definition) is 5. The van der Waals surface area contributed by atoms with E-state index in [-0.39, 0.29) is 30.7 Å². The number of H-pyrrole nitrogens is 1. The summed E-state index contributed by atoms with van der Waals surface area (Å²) in [5.74, 6) is -0.0120. The Morgan fingerprint density at radius 2 is 2.07 bits per heavy atom. The van der Waals surface area contributed by atoms with Crippen molar-refractivity contribution in [2.45, 2.75) is 50.2 Å². The average Bonchev–Trinajstić information content (AvgIpc) is 3.72. The largest absolute Gasteiger partial charge is 0.697 e. The Kier molecular flexibility index (Phi) is 8.28. The maximum atomic E-state index is 12.8. The number of nitrogens with two attached hydrogens (primary N) is 1. The van der Waals surface area contributed by atoms with Crippen molar-refractivity contribution in [1.29, 1.82) is 0 Å². The van der Waals surface area contributed by atoms with Crippen molar-refractivity contribution < 1.29 is 37.2 Å². The standard InChI is InChI=1S/C21H25N9O9P2S/c22-21-28-18-16(19(31)29-21)25-8-30(18)14-2-1-12(38-14)6-36-40(32)39-13-4-11(3-10(13)5-37-41(33,34)35)27-17-15-20(24-7-23-17)42-9-26-15/h7-14H,1-6H2,(H5-,22,23,24,27,28,29,31,33,34,35)/p+1/t10-,11-,12+,13+,14-/m1/s1. The molecule has 0 bridgehead atoms. The summed E-state index contributed by atoms with van der Waals surface area (Å²) in [4.78, 5) is 54.5. The number of aromatic amines is 1. The Labute approximate surface area is 241 Å². The monoisotopic (exact) mass is 642 g/mol. The van der Waals surface area contributed by atoms with Crippen molar-refractivity contribution >= 4 is 60.7 Å². The van der Waals surface area contributed by atoms with Gasteiger partial charge in [-0.05, 0) is 25.7 Å². The smallest absolute Gasteiger partial charge is 0.369 e. The number of imidazole rings is 1. The number of fused-ring (bicyclic) bond motifs is 2. The molecular weight excluding hydrogens is 616 g/mol. The molecule has 4 aromatic rings. The molecule has 21 heteroatoms. The Bertz CT molecular complexity index is 1710. The number of nitrogens with zero attached hydrogens (tertiary/aromatic N) is 6. The van der Waals surface area contributed by atoms with Crippen molar-refractivity contribution in [3.63, 3.8) is 0 Å². The lowest BCUT2D eigenvalue weighted by atomic mass is 10.1. The molecule has 5 heterocycles. The van der Waals surface area contributed by atoms with Gasteiger partial charge in [0, 0.05) is 16.5 Å². The van der Waals surface area contributed by atoms with Gasteiger partial charge in [-0.3, -0.25) is 18.9 Å². The molecule has 42 heavy (non-hydrogen) atoms. The second kappa shape index (κ2) is 11.9. The zero-order valence-electron chi connectivity index (χ0n) is 21.7. The van der Waals surface area contributed by atoms with Gasteiger partial charge < -0.3 is 25.6 Å². The van der Waals surface area contributed by atoms with Crippen LogP contribution in [0.2, 0.25) is 0 Å². The summed E-state index contributed by atoms with van der Waals surface area (Å²) in [6.45, 7) is -0.338. The third kappa shape index (κ3) is 6.49. The summed E-state index contributed by atoms with van der Waals surface area (Å²) >= 11 is 1.37. The van der Waals surface area contributed by atoms with Crippen LogP contribution in [0.5, 0.6) is 0 Å². The molecule has 6 rings (SSSR count). The van der Waals surface area contributed by atoms with E-state index in [1.807, 2.05) is 0 Å². The van der Waals surface area contributed by atoms with E-state index in [1.165, 1.54) is 24.0 Å². The van der Waals surface area contributed by atoms with Crippen LogP contribution in [0, 0.1) is 5.92 Å². The molecule has 0 amide bonds. The number of anilines is 2. The van der Waals surface area contributed by atoms with Crippen LogP contribution in [-0.4, -0.2) is 75.7 Å². The van der Waals surface area contributed by atoms with Crippen molar-refractivity contribution in [2.24, 2.45) is 5.92 Å². The van der Waals surface area contributed by atoms with Gasteiger partial charge in [0.15, 0.2) is 17.0 Å². The normalized spacial score (nSPS) is 25.0. The molecule has 1 unspecified atom stereocenters. The topological polar surface area (TPSA) is 252 Å². The van der Waals surface area contributed by atoms with E-state index < -0.39 is 46.0 Å². The first-order chi connectivity index (χ1) is 20.1. The highest BCUT2D eigenvalue weighted by Crippen LogP contribution is 2.43. The van der Waals surface area contributed by atoms with Crippen LogP contribution in [-0.2, 0) is 27.4 Å². The van der Waals surface area contributed by atoms with Crippen LogP contribution in [0.15, 0.2) is 23.0 Å². The summed E-state index contributed by atoms with van der Waals surface area (Å²) < 4.78 is 47.7. The van der Waals surface area contributed by atoms with Gasteiger partial charge in [-0.1, -0.05) is 0 Å². The summed E-state index contributed by atoms with van der Waals surface area (Å²) in [6.07, 6.45) is 3.18. The van der Waals surface area contributed by atoms with Gasteiger partial charge in [-0.15, -0.1) is 20.4 Å². The molecule has 2 fully saturated rings. The average molecular weight is 643 g/mol. The van der Waals surface area contributed by atoms with Gasteiger partial charge in [0.2, 0.25) is 5.95 Å². The van der Waals surface area contributed by atoms with E-state index in [4.69, 9.17) is 24.0 Å². The first-order valence-electron chi connectivity index (χ1n) is 12.8. The molecule has 0 radical (unpaired) electrons. The number of ether oxygens (including phenoxy) is 1. The van der Waals surface area contributed by atoms with Crippen LogP contribution in [0.4, 0.5) is 11.8 Å². The number of aromatic nitrogens is 7. The summed E-state index contributed by atoms with van der Waals surface area (Å²) in [7, 11) is -7.33. The molecule has 0 spiro atoms. The minimum atomic E-state index is -4.73. The number of nitrogen functional groups attached to an aromatic ring is 1. The zero-order valence-corrected chi connectivity index (χ0v) is 24.3. The second-order valence-electron chi connectivity index (χ2n) is 9.82. The fourth-order valence-corrected chi connectivity index (χ4v) is 6.99. The predicted molar refractivity (Wildman–Crippen MR) is 147 cm³/mol. The fourth-order valence-electron chi connectivity index (χ4n) is 5.15. The number of thiazole rings is 1. The number of phosphoric acid groups is 1. The number of nitrogens with one attached hydrogen (secondary N) is 2. The van der Waals surface area contributed by atoms with Gasteiger partial charge in [-0.2, -0.15) is 4.98 Å². The second-order valence-corrected chi connectivity index (χ2v) is 12.8. The first kappa shape index (κ1) is 29.1. The molecule has 18 nitrogen and oxygen atoms in total. The van der Waals surface area contributed by atoms with E-state index in [1.54, 1.807) is 10.1 Å². The van der Waals surface area contributed by atoms with Crippen molar-refractivity contribution in [3.05, 3.63) is 28.5 Å². The van der Waals surface area contributed by atoms with Crippen molar-refractivity contribution in [1.82, 2.24) is 34.5 Å². The highest BCUT2D eigenvalue weighted by molar-refractivity contribution is 7.46. The highest BCUT2D eigenvalue weighted by atomic mass is 32.1. The Morgan fingerprint density at radius 3 is 2.90 bits per heavy atom. The minimum absolute atomic E-state index is 0.0325. The van der Waals surface area contributed by atoms with Gasteiger partial charge in [-0.25, -0.2) is 24.5 Å². The van der Waals surface area contributed by atoms with Gasteiger partial charge in [0.25, 0.3) is 5.56 Å². The minimum Gasteiger partial charge on any atom is -0.369 e. The molecule has 1 aliphatic heterocycles. The Balaban J connectivity index is 1.05. The van der Waals surface area contributed by atoms with Crippen LogP contribution in [0.25, 0.3) is 21.5 Å². The molecular formula is C21H26N9O9P2S+. The van der Waals surface area contributed by atoms with Crippen LogP contribution < -0.4 is 16.6 Å².